The van der Waals surface area contributed by atoms with E-state index in [2.05, 4.69) is 46.4 Å². The zero-order valence-electron chi connectivity index (χ0n) is 9.66. The fourth-order valence-electron chi connectivity index (χ4n) is 1.38. The summed E-state index contributed by atoms with van der Waals surface area (Å²) in [6, 6.07) is 6.32. The van der Waals surface area contributed by atoms with Crippen LogP contribution in [0.3, 0.4) is 0 Å². The first-order valence-electron chi connectivity index (χ1n) is 5.43. The molecule has 0 aliphatic rings. The number of hydrogen-bond acceptors (Lipinski definition) is 3. The van der Waals surface area contributed by atoms with Gasteiger partial charge in [-0.2, -0.15) is 0 Å². The Hall–Kier alpha value is -0.0300. The maximum Gasteiger partial charge on any atom is 0.0636 e. The SMILES string of the molecule is CCSc1cc(Br)ccc1CNC[C@@H](C)O. The van der Waals surface area contributed by atoms with Crippen molar-refractivity contribution in [1.82, 2.24) is 5.32 Å². The molecule has 0 saturated carbocycles. The van der Waals surface area contributed by atoms with Gasteiger partial charge in [-0.05, 0) is 30.4 Å². The van der Waals surface area contributed by atoms with Gasteiger partial charge in [0.1, 0.15) is 0 Å². The van der Waals surface area contributed by atoms with Gasteiger partial charge in [0, 0.05) is 22.5 Å². The molecule has 0 aliphatic heterocycles. The summed E-state index contributed by atoms with van der Waals surface area (Å²) in [5.41, 5.74) is 1.29. The van der Waals surface area contributed by atoms with Gasteiger partial charge >= 0.3 is 0 Å². The minimum atomic E-state index is -0.294. The number of aliphatic hydroxyl groups excluding tert-OH is 1. The molecule has 4 heteroatoms. The van der Waals surface area contributed by atoms with Crippen molar-refractivity contribution < 1.29 is 5.11 Å². The predicted molar refractivity (Wildman–Crippen MR) is 73.9 cm³/mol. The van der Waals surface area contributed by atoms with Crippen LogP contribution in [0, 0.1) is 0 Å². The highest BCUT2D eigenvalue weighted by Crippen LogP contribution is 2.26. The fourth-order valence-corrected chi connectivity index (χ4v) is 2.74. The molecule has 1 aromatic carbocycles. The average molecular weight is 304 g/mol. The first-order chi connectivity index (χ1) is 7.63. The minimum absolute atomic E-state index is 0.294. The number of hydrogen-bond donors (Lipinski definition) is 2. The van der Waals surface area contributed by atoms with Gasteiger partial charge < -0.3 is 10.4 Å². The van der Waals surface area contributed by atoms with Crippen LogP contribution in [-0.4, -0.2) is 23.5 Å². The molecule has 1 atom stereocenters. The Labute approximate surface area is 110 Å². The van der Waals surface area contributed by atoms with Gasteiger partial charge in [-0.15, -0.1) is 11.8 Å². The standard InChI is InChI=1S/C12H18BrNOS/c1-3-16-12-6-11(13)5-4-10(12)8-14-7-9(2)15/h4-6,9,14-15H,3,7-8H2,1-2H3/t9-/m1/s1. The summed E-state index contributed by atoms with van der Waals surface area (Å²) in [5, 5.41) is 12.4. The predicted octanol–water partition coefficient (Wildman–Crippen LogP) is 3.03. The van der Waals surface area contributed by atoms with Crippen LogP contribution in [0.25, 0.3) is 0 Å². The van der Waals surface area contributed by atoms with Crippen LogP contribution < -0.4 is 5.32 Å². The van der Waals surface area contributed by atoms with E-state index >= 15 is 0 Å². The third-order valence-corrected chi connectivity index (χ3v) is 3.56. The van der Waals surface area contributed by atoms with Crippen molar-refractivity contribution in [2.45, 2.75) is 31.4 Å². The van der Waals surface area contributed by atoms with Crippen LogP contribution in [0.4, 0.5) is 0 Å². The van der Waals surface area contributed by atoms with E-state index in [0.29, 0.717) is 6.54 Å². The van der Waals surface area contributed by atoms with Crippen molar-refractivity contribution in [2.75, 3.05) is 12.3 Å². The number of halogens is 1. The lowest BCUT2D eigenvalue weighted by Gasteiger charge is -2.11. The van der Waals surface area contributed by atoms with E-state index in [4.69, 9.17) is 0 Å². The maximum absolute atomic E-state index is 9.17. The first-order valence-corrected chi connectivity index (χ1v) is 7.21. The van der Waals surface area contributed by atoms with Crippen molar-refractivity contribution in [1.29, 1.82) is 0 Å². The number of benzene rings is 1. The molecular formula is C12H18BrNOS. The summed E-state index contributed by atoms with van der Waals surface area (Å²) >= 11 is 5.33. The van der Waals surface area contributed by atoms with E-state index in [1.165, 1.54) is 10.5 Å². The van der Waals surface area contributed by atoms with E-state index in [-0.39, 0.29) is 6.10 Å². The number of rotatable bonds is 6. The Morgan fingerprint density at radius 3 is 2.88 bits per heavy atom. The van der Waals surface area contributed by atoms with Crippen LogP contribution in [0.1, 0.15) is 19.4 Å². The van der Waals surface area contributed by atoms with E-state index < -0.39 is 0 Å². The molecule has 1 aromatic rings. The van der Waals surface area contributed by atoms with Crippen LogP contribution in [-0.2, 0) is 6.54 Å². The summed E-state index contributed by atoms with van der Waals surface area (Å²) in [5.74, 6) is 1.07. The normalized spacial score (nSPS) is 12.8. The first kappa shape index (κ1) is 14.0. The van der Waals surface area contributed by atoms with Gasteiger partial charge in [0.15, 0.2) is 0 Å². The Kier molecular flexibility index (Phi) is 6.43. The van der Waals surface area contributed by atoms with Crippen LogP contribution in [0.15, 0.2) is 27.6 Å². The van der Waals surface area contributed by atoms with Crippen LogP contribution in [0.2, 0.25) is 0 Å². The van der Waals surface area contributed by atoms with E-state index in [0.717, 1.165) is 16.8 Å². The Morgan fingerprint density at radius 1 is 1.50 bits per heavy atom. The van der Waals surface area contributed by atoms with Gasteiger partial charge in [-0.3, -0.25) is 0 Å². The van der Waals surface area contributed by atoms with Crippen molar-refractivity contribution in [3.05, 3.63) is 28.2 Å². The average Bonchev–Trinajstić information content (AvgIpc) is 2.21. The summed E-state index contributed by atoms with van der Waals surface area (Å²) in [6.07, 6.45) is -0.294. The van der Waals surface area contributed by atoms with Gasteiger partial charge in [-0.25, -0.2) is 0 Å². The zero-order valence-corrected chi connectivity index (χ0v) is 12.1. The minimum Gasteiger partial charge on any atom is -0.392 e. The second-order valence-electron chi connectivity index (χ2n) is 3.66. The molecule has 1 rings (SSSR count). The molecule has 90 valence electrons. The fraction of sp³-hybridized carbons (Fsp3) is 0.500. The summed E-state index contributed by atoms with van der Waals surface area (Å²) in [6.45, 7) is 5.38. The monoisotopic (exact) mass is 303 g/mol. The second-order valence-corrected chi connectivity index (χ2v) is 5.89. The molecular weight excluding hydrogens is 286 g/mol. The lowest BCUT2D eigenvalue weighted by atomic mass is 10.2. The van der Waals surface area contributed by atoms with Gasteiger partial charge in [0.25, 0.3) is 0 Å². The van der Waals surface area contributed by atoms with E-state index in [1.807, 2.05) is 11.8 Å². The number of thioether (sulfide) groups is 1. The van der Waals surface area contributed by atoms with Gasteiger partial charge in [-0.1, -0.05) is 28.9 Å². The van der Waals surface area contributed by atoms with Crippen molar-refractivity contribution in [3.63, 3.8) is 0 Å². The Balaban J connectivity index is 2.63. The molecule has 0 radical (unpaired) electrons. The molecule has 0 amide bonds. The van der Waals surface area contributed by atoms with E-state index in [9.17, 15) is 5.11 Å². The molecule has 2 nitrogen and oxygen atoms in total. The Morgan fingerprint density at radius 2 is 2.25 bits per heavy atom. The van der Waals surface area contributed by atoms with Crippen molar-refractivity contribution >= 4 is 27.7 Å². The lowest BCUT2D eigenvalue weighted by molar-refractivity contribution is 0.191. The van der Waals surface area contributed by atoms with Crippen LogP contribution in [0.5, 0.6) is 0 Å². The van der Waals surface area contributed by atoms with Crippen LogP contribution >= 0.6 is 27.7 Å². The highest BCUT2D eigenvalue weighted by molar-refractivity contribution is 9.10. The largest absolute Gasteiger partial charge is 0.392 e. The molecule has 0 heterocycles. The third kappa shape index (κ3) is 4.87. The summed E-state index contributed by atoms with van der Waals surface area (Å²) in [7, 11) is 0. The van der Waals surface area contributed by atoms with Crippen molar-refractivity contribution in [2.24, 2.45) is 0 Å². The molecule has 0 fully saturated rings. The van der Waals surface area contributed by atoms with Gasteiger partial charge in [0.2, 0.25) is 0 Å². The highest BCUT2D eigenvalue weighted by Gasteiger charge is 2.03. The molecule has 16 heavy (non-hydrogen) atoms. The quantitative estimate of drug-likeness (QED) is 0.792. The smallest absolute Gasteiger partial charge is 0.0636 e. The summed E-state index contributed by atoms with van der Waals surface area (Å²) in [4.78, 5) is 1.30. The Bertz CT molecular complexity index is 331. The van der Waals surface area contributed by atoms with Crippen molar-refractivity contribution in [3.8, 4) is 0 Å². The topological polar surface area (TPSA) is 32.3 Å². The second kappa shape index (κ2) is 7.33. The van der Waals surface area contributed by atoms with Gasteiger partial charge in [0.05, 0.1) is 6.10 Å². The number of nitrogens with one attached hydrogen (secondary N) is 1. The maximum atomic E-state index is 9.17. The molecule has 0 unspecified atom stereocenters. The summed E-state index contributed by atoms with van der Waals surface area (Å²) < 4.78 is 1.11. The lowest BCUT2D eigenvalue weighted by Crippen LogP contribution is -2.24. The molecule has 0 spiro atoms. The van der Waals surface area contributed by atoms with E-state index in [1.54, 1.807) is 6.92 Å². The molecule has 0 aromatic heterocycles. The zero-order chi connectivity index (χ0) is 12.0. The molecule has 2 N–H and O–H groups in total. The molecule has 0 bridgehead atoms. The third-order valence-electron chi connectivity index (χ3n) is 2.08. The number of aliphatic hydroxyl groups is 1. The highest BCUT2D eigenvalue weighted by atomic mass is 79.9. The molecule has 0 saturated heterocycles. The molecule has 0 aliphatic carbocycles.